The fraction of sp³-hybridized carbons (Fsp3) is 0. The topological polar surface area (TPSA) is 31.7 Å². The van der Waals surface area contributed by atoms with Crippen LogP contribution in [0.1, 0.15) is 0 Å². The van der Waals surface area contributed by atoms with Gasteiger partial charge in [-0.15, -0.1) is 0 Å². The molecule has 0 atom stereocenters. The Kier molecular flexibility index (Phi) is 5.64. The summed E-state index contributed by atoms with van der Waals surface area (Å²) in [6.45, 7) is 16.5. The van der Waals surface area contributed by atoms with Gasteiger partial charge >= 0.3 is 0 Å². The number of para-hydroxylation sites is 5. The summed E-state index contributed by atoms with van der Waals surface area (Å²) in [5.74, 6) is 0. The van der Waals surface area contributed by atoms with Crippen molar-refractivity contribution in [1.29, 1.82) is 0 Å². The number of fused-ring (bicyclic) bond motifs is 10. The van der Waals surface area contributed by atoms with E-state index in [0.29, 0.717) is 17.1 Å². The van der Waals surface area contributed by atoms with Crippen LogP contribution >= 0.6 is 0 Å². The molecule has 0 unspecified atom stereocenters. The molecule has 0 spiro atoms. The van der Waals surface area contributed by atoms with Gasteiger partial charge in [0.05, 0.1) is 46.3 Å². The Balaban J connectivity index is 1.38. The summed E-state index contributed by atoms with van der Waals surface area (Å²) in [7, 11) is 0. The number of benzene rings is 7. The molecule has 7 aromatic carbocycles. The van der Waals surface area contributed by atoms with E-state index >= 15 is 0 Å². The first-order valence-corrected chi connectivity index (χ1v) is 16.1. The molecule has 0 aliphatic heterocycles. The van der Waals surface area contributed by atoms with Gasteiger partial charge in [-0.3, -0.25) is 4.85 Å². The molecule has 0 N–H and O–H groups in total. The average molecular weight is 625 g/mol. The van der Waals surface area contributed by atoms with Gasteiger partial charge in [0.15, 0.2) is 5.69 Å². The van der Waals surface area contributed by atoms with Crippen molar-refractivity contribution in [3.8, 4) is 22.5 Å². The van der Waals surface area contributed by atoms with Crippen molar-refractivity contribution in [2.75, 3.05) is 0 Å². The molecule has 10 aromatic rings. The van der Waals surface area contributed by atoms with Gasteiger partial charge in [-0.25, -0.2) is 4.85 Å². The Morgan fingerprint density at radius 2 is 1.04 bits per heavy atom. The van der Waals surface area contributed by atoms with E-state index in [4.69, 9.17) is 17.6 Å². The van der Waals surface area contributed by atoms with Crippen LogP contribution in [-0.2, 0) is 0 Å². The van der Waals surface area contributed by atoms with Crippen molar-refractivity contribution < 1.29 is 4.42 Å². The molecule has 0 amide bonds. The highest BCUT2D eigenvalue weighted by Crippen LogP contribution is 2.48. The van der Waals surface area contributed by atoms with Gasteiger partial charge in [0.1, 0.15) is 11.2 Å². The van der Waals surface area contributed by atoms with Crippen molar-refractivity contribution in [2.45, 2.75) is 0 Å². The third kappa shape index (κ3) is 3.67. The summed E-state index contributed by atoms with van der Waals surface area (Å²) >= 11 is 0. The second kappa shape index (κ2) is 10.2. The molecule has 3 heterocycles. The van der Waals surface area contributed by atoms with Crippen LogP contribution in [-0.4, -0.2) is 9.13 Å². The van der Waals surface area contributed by atoms with E-state index in [1.807, 2.05) is 48.5 Å². The van der Waals surface area contributed by atoms with Gasteiger partial charge in [0.2, 0.25) is 5.69 Å². The van der Waals surface area contributed by atoms with E-state index in [1.54, 1.807) is 6.07 Å². The zero-order valence-corrected chi connectivity index (χ0v) is 26.1. The van der Waals surface area contributed by atoms with Gasteiger partial charge in [0, 0.05) is 38.2 Å². The number of hydrogen-bond acceptors (Lipinski definition) is 1. The van der Waals surface area contributed by atoms with Crippen LogP contribution in [0.25, 0.3) is 97.7 Å². The maximum atomic E-state index is 8.42. The van der Waals surface area contributed by atoms with Gasteiger partial charge < -0.3 is 13.6 Å². The zero-order chi connectivity index (χ0) is 32.6. The van der Waals surface area contributed by atoms with Crippen molar-refractivity contribution in [2.24, 2.45) is 0 Å². The smallest absolute Gasteiger partial charge is 0.218 e. The highest BCUT2D eigenvalue weighted by Gasteiger charge is 2.25. The lowest BCUT2D eigenvalue weighted by atomic mass is 9.98. The Morgan fingerprint density at radius 1 is 0.449 bits per heavy atom. The molecule has 3 aromatic heterocycles. The number of aromatic nitrogens is 2. The normalized spacial score (nSPS) is 11.6. The molecule has 0 aliphatic rings. The first kappa shape index (κ1) is 27.1. The van der Waals surface area contributed by atoms with Crippen molar-refractivity contribution in [3.63, 3.8) is 0 Å². The Hall–Kier alpha value is -7.08. The lowest BCUT2D eigenvalue weighted by molar-refractivity contribution is 0.669. The molecule has 226 valence electrons. The van der Waals surface area contributed by atoms with Crippen LogP contribution in [0.3, 0.4) is 0 Å². The lowest BCUT2D eigenvalue weighted by Crippen LogP contribution is -2.02. The van der Waals surface area contributed by atoms with Crippen LogP contribution in [0.2, 0.25) is 0 Å². The van der Waals surface area contributed by atoms with Crippen molar-refractivity contribution in [3.05, 3.63) is 168 Å². The number of nitrogens with zero attached hydrogens (tertiary/aromatic N) is 4. The van der Waals surface area contributed by atoms with Gasteiger partial charge in [0.25, 0.3) is 0 Å². The molecule has 10 rings (SSSR count). The number of furan rings is 1. The van der Waals surface area contributed by atoms with Gasteiger partial charge in [-0.1, -0.05) is 103 Å². The zero-order valence-electron chi connectivity index (χ0n) is 26.1. The van der Waals surface area contributed by atoms with Crippen LogP contribution in [0.15, 0.2) is 150 Å². The van der Waals surface area contributed by atoms with Crippen molar-refractivity contribution in [1.82, 2.24) is 9.13 Å². The molecule has 0 radical (unpaired) electrons. The maximum Gasteiger partial charge on any atom is 0.218 e. The minimum absolute atomic E-state index is 0.330. The molecule has 0 bridgehead atoms. The average Bonchev–Trinajstić information content (AvgIpc) is 3.82. The number of hydrogen-bond donors (Lipinski definition) is 0. The monoisotopic (exact) mass is 624 g/mol. The molecule has 5 nitrogen and oxygen atoms in total. The van der Waals surface area contributed by atoms with E-state index in [1.165, 1.54) is 0 Å². The molecule has 0 aliphatic carbocycles. The molecule has 0 saturated carbocycles. The van der Waals surface area contributed by atoms with Crippen LogP contribution in [0.4, 0.5) is 11.4 Å². The molecule has 0 fully saturated rings. The summed E-state index contributed by atoms with van der Waals surface area (Å²) in [4.78, 5) is 7.88. The summed E-state index contributed by atoms with van der Waals surface area (Å²) < 4.78 is 10.9. The summed E-state index contributed by atoms with van der Waals surface area (Å²) in [6.07, 6.45) is 0. The second-order valence-electron chi connectivity index (χ2n) is 12.2. The SMILES string of the molecule is [C-]#[N+]c1ccc(-c2ccccc2-n2c3ccccc3c3ccc4oc5ccccc5c4c32)c(-n2c3ccccc3c3ccccc32)c1[N+]#[C-]. The second-order valence-corrected chi connectivity index (χ2v) is 12.2. The van der Waals surface area contributed by atoms with E-state index in [9.17, 15) is 0 Å². The largest absolute Gasteiger partial charge is 0.456 e. The van der Waals surface area contributed by atoms with Gasteiger partial charge in [-0.05, 0) is 48.0 Å². The van der Waals surface area contributed by atoms with Crippen molar-refractivity contribution >= 4 is 76.9 Å². The third-order valence-corrected chi connectivity index (χ3v) is 9.78. The first-order chi connectivity index (χ1) is 24.3. The van der Waals surface area contributed by atoms with Crippen LogP contribution in [0, 0.1) is 13.1 Å². The number of rotatable bonds is 3. The first-order valence-electron chi connectivity index (χ1n) is 16.1. The Bertz CT molecular complexity index is 3030. The van der Waals surface area contributed by atoms with E-state index < -0.39 is 0 Å². The Labute approximate surface area is 280 Å². The summed E-state index contributed by atoms with van der Waals surface area (Å²) in [6, 6.07) is 49.7. The van der Waals surface area contributed by atoms with Crippen LogP contribution < -0.4 is 0 Å². The predicted molar refractivity (Wildman–Crippen MR) is 200 cm³/mol. The Morgan fingerprint density at radius 3 is 1.73 bits per heavy atom. The maximum absolute atomic E-state index is 8.42. The highest BCUT2D eigenvalue weighted by molar-refractivity contribution is 6.24. The van der Waals surface area contributed by atoms with E-state index in [2.05, 4.69) is 110 Å². The predicted octanol–water partition coefficient (Wildman–Crippen LogP) is 12.5. The highest BCUT2D eigenvalue weighted by atomic mass is 16.3. The minimum Gasteiger partial charge on any atom is -0.456 e. The standard InChI is InChI=1S/C44H24N4O/c1-45-34-25-23-32(44(42(34)46-2)48-35-18-8-3-13-27(35)28-14-4-9-19-36(28)48)30-16-6-11-21-38(30)47-37-20-10-5-15-29(37)31-24-26-40-41(43(31)47)33-17-7-12-22-39(33)49-40/h3-26H. The third-order valence-electron chi connectivity index (χ3n) is 9.78. The van der Waals surface area contributed by atoms with E-state index in [0.717, 1.165) is 82.4 Å². The van der Waals surface area contributed by atoms with Crippen LogP contribution in [0.5, 0.6) is 0 Å². The quantitative estimate of drug-likeness (QED) is 0.180. The lowest BCUT2D eigenvalue weighted by Gasteiger charge is -2.20. The molecule has 0 saturated heterocycles. The van der Waals surface area contributed by atoms with Gasteiger partial charge in [-0.2, -0.15) is 0 Å². The minimum atomic E-state index is 0.330. The fourth-order valence-electron chi connectivity index (χ4n) is 7.79. The molecule has 49 heavy (non-hydrogen) atoms. The molecule has 5 heteroatoms. The molecular formula is C44H24N4O. The van der Waals surface area contributed by atoms with E-state index in [-0.39, 0.29) is 0 Å². The summed E-state index contributed by atoms with van der Waals surface area (Å²) in [5.41, 5.74) is 9.95. The summed E-state index contributed by atoms with van der Waals surface area (Å²) in [5, 5.41) is 6.60. The molecular weight excluding hydrogens is 601 g/mol. The fourth-order valence-corrected chi connectivity index (χ4v) is 7.79.